The van der Waals surface area contributed by atoms with Crippen molar-refractivity contribution in [3.05, 3.63) is 64.0 Å². The van der Waals surface area contributed by atoms with Gasteiger partial charge in [-0.3, -0.25) is 4.79 Å². The molecular formula is C24H27FN4O. The quantitative estimate of drug-likeness (QED) is 0.445. The molecule has 0 amide bonds. The van der Waals surface area contributed by atoms with Gasteiger partial charge in [-0.2, -0.15) is 9.78 Å². The molecule has 6 heteroatoms. The lowest BCUT2D eigenvalue weighted by Crippen LogP contribution is -2.21. The van der Waals surface area contributed by atoms with Gasteiger partial charge in [-0.15, -0.1) is 0 Å². The first kappa shape index (κ1) is 20.3. The van der Waals surface area contributed by atoms with Crippen LogP contribution in [0.15, 0.2) is 57.7 Å². The van der Waals surface area contributed by atoms with Crippen LogP contribution in [-0.2, 0) is 0 Å². The van der Waals surface area contributed by atoms with Gasteiger partial charge in [0.25, 0.3) is 5.56 Å². The van der Waals surface area contributed by atoms with E-state index in [0.717, 1.165) is 25.7 Å². The zero-order chi connectivity index (χ0) is 21.3. The highest BCUT2D eigenvalue weighted by Crippen LogP contribution is 2.30. The SMILES string of the molecule is CC(C)=CCCC1=CC[C@H](/C=N\n2cnc3c([nH]c4ccc(F)cc43)c2=O)[C@H](C)C1. The Bertz CT molecular complexity index is 1230. The maximum absolute atomic E-state index is 13.6. The lowest BCUT2D eigenvalue weighted by atomic mass is 9.80. The van der Waals surface area contributed by atoms with Gasteiger partial charge < -0.3 is 4.98 Å². The molecule has 1 aliphatic rings. The minimum atomic E-state index is -0.355. The number of benzene rings is 1. The molecule has 0 spiro atoms. The summed E-state index contributed by atoms with van der Waals surface area (Å²) in [6.45, 7) is 6.50. The lowest BCUT2D eigenvalue weighted by Gasteiger charge is -2.25. The first-order valence-corrected chi connectivity index (χ1v) is 10.5. The Balaban J connectivity index is 1.53. The zero-order valence-electron chi connectivity index (χ0n) is 17.7. The second-order valence-electron chi connectivity index (χ2n) is 8.46. The second-order valence-corrected chi connectivity index (χ2v) is 8.46. The van der Waals surface area contributed by atoms with Gasteiger partial charge in [0.2, 0.25) is 0 Å². The largest absolute Gasteiger partial charge is 0.349 e. The van der Waals surface area contributed by atoms with Crippen LogP contribution in [0.25, 0.3) is 21.9 Å². The molecule has 0 aliphatic heterocycles. The first-order chi connectivity index (χ1) is 14.4. The highest BCUT2D eigenvalue weighted by molar-refractivity contribution is 6.04. The molecule has 0 fully saturated rings. The van der Waals surface area contributed by atoms with Gasteiger partial charge in [0.05, 0.1) is 0 Å². The van der Waals surface area contributed by atoms with Crippen LogP contribution in [0.4, 0.5) is 4.39 Å². The van der Waals surface area contributed by atoms with Crippen LogP contribution in [0.3, 0.4) is 0 Å². The van der Waals surface area contributed by atoms with Crippen molar-refractivity contribution in [2.24, 2.45) is 16.9 Å². The van der Waals surface area contributed by atoms with Crippen LogP contribution in [0.2, 0.25) is 0 Å². The van der Waals surface area contributed by atoms with E-state index in [1.807, 2.05) is 6.21 Å². The summed E-state index contributed by atoms with van der Waals surface area (Å²) in [5, 5.41) is 5.01. The van der Waals surface area contributed by atoms with Crippen LogP contribution in [-0.4, -0.2) is 20.9 Å². The summed E-state index contributed by atoms with van der Waals surface area (Å²) in [7, 11) is 0. The molecule has 5 nitrogen and oxygen atoms in total. The molecule has 0 saturated carbocycles. The third kappa shape index (κ3) is 4.13. The average molecular weight is 407 g/mol. The molecule has 2 heterocycles. The van der Waals surface area contributed by atoms with Crippen molar-refractivity contribution in [3.63, 3.8) is 0 Å². The molecule has 0 unspecified atom stereocenters. The summed E-state index contributed by atoms with van der Waals surface area (Å²) in [6.07, 6.45) is 12.1. The topological polar surface area (TPSA) is 63.0 Å². The molecule has 0 saturated heterocycles. The van der Waals surface area contributed by atoms with Gasteiger partial charge in [-0.1, -0.05) is 30.2 Å². The molecule has 2 aromatic heterocycles. The Labute approximate surface area is 175 Å². The second kappa shape index (κ2) is 8.38. The van der Waals surface area contributed by atoms with Gasteiger partial charge in [-0.25, -0.2) is 9.37 Å². The molecule has 30 heavy (non-hydrogen) atoms. The molecule has 3 aromatic rings. The molecule has 1 aliphatic carbocycles. The van der Waals surface area contributed by atoms with Crippen molar-refractivity contribution < 1.29 is 4.39 Å². The summed E-state index contributed by atoms with van der Waals surface area (Å²) in [6, 6.07) is 4.37. The number of H-pyrrole nitrogens is 1. The van der Waals surface area contributed by atoms with Crippen molar-refractivity contribution in [1.29, 1.82) is 0 Å². The first-order valence-electron chi connectivity index (χ1n) is 10.5. The van der Waals surface area contributed by atoms with Crippen LogP contribution >= 0.6 is 0 Å². The fraction of sp³-hybridized carbons (Fsp3) is 0.375. The Kier molecular flexibility index (Phi) is 5.66. The number of nitrogens with one attached hydrogen (secondary N) is 1. The standard InChI is InChI=1S/C24H27FN4O/c1-15(2)5-4-6-17-7-8-18(16(3)11-17)13-27-29-14-26-22-20-12-19(25)9-10-21(20)28-23(22)24(29)30/h5,7,9-10,12-14,16,18,28H,4,6,8,11H2,1-3H3/b27-13-/t16-,18-/m1/s1. The number of rotatable bonds is 5. The van der Waals surface area contributed by atoms with Crippen molar-refractivity contribution in [1.82, 2.24) is 14.6 Å². The van der Waals surface area contributed by atoms with Gasteiger partial charge in [-0.05, 0) is 63.6 Å². The third-order valence-electron chi connectivity index (χ3n) is 5.85. The summed E-state index contributed by atoms with van der Waals surface area (Å²) in [4.78, 5) is 20.2. The van der Waals surface area contributed by atoms with E-state index in [-0.39, 0.29) is 17.3 Å². The van der Waals surface area contributed by atoms with E-state index >= 15 is 0 Å². The Morgan fingerprint density at radius 2 is 2.23 bits per heavy atom. The Hall–Kier alpha value is -3.02. The highest BCUT2D eigenvalue weighted by Gasteiger charge is 2.20. The van der Waals surface area contributed by atoms with Crippen molar-refractivity contribution in [3.8, 4) is 0 Å². The molecule has 0 radical (unpaired) electrons. The predicted octanol–water partition coefficient (Wildman–Crippen LogP) is 5.57. The van der Waals surface area contributed by atoms with E-state index in [4.69, 9.17) is 0 Å². The molecule has 4 rings (SSSR count). The molecule has 0 bridgehead atoms. The van der Waals surface area contributed by atoms with Crippen molar-refractivity contribution in [2.75, 3.05) is 0 Å². The number of hydrogen-bond donors (Lipinski definition) is 1. The van der Waals surface area contributed by atoms with Crippen molar-refractivity contribution >= 4 is 28.2 Å². The van der Waals surface area contributed by atoms with Gasteiger partial charge in [0.15, 0.2) is 0 Å². The number of nitrogens with zero attached hydrogens (tertiary/aromatic N) is 3. The average Bonchev–Trinajstić information content (AvgIpc) is 3.07. The minimum absolute atomic E-state index is 0.283. The maximum Gasteiger partial charge on any atom is 0.298 e. The molecular weight excluding hydrogens is 379 g/mol. The fourth-order valence-electron chi connectivity index (χ4n) is 4.10. The van der Waals surface area contributed by atoms with Gasteiger partial charge in [0, 0.05) is 23.0 Å². The van der Waals surface area contributed by atoms with Gasteiger partial charge >= 0.3 is 0 Å². The number of fused-ring (bicyclic) bond motifs is 3. The smallest absolute Gasteiger partial charge is 0.298 e. The number of hydrogen-bond acceptors (Lipinski definition) is 3. The minimum Gasteiger partial charge on any atom is -0.349 e. The molecule has 1 N–H and O–H groups in total. The van der Waals surface area contributed by atoms with Crippen LogP contribution in [0.5, 0.6) is 0 Å². The van der Waals surface area contributed by atoms with Crippen molar-refractivity contribution in [2.45, 2.75) is 46.5 Å². The number of allylic oxidation sites excluding steroid dienone is 4. The van der Waals surface area contributed by atoms with E-state index in [2.05, 4.69) is 48.0 Å². The monoisotopic (exact) mass is 406 g/mol. The zero-order valence-corrected chi connectivity index (χ0v) is 17.7. The molecule has 156 valence electrons. The van der Waals surface area contributed by atoms with Crippen LogP contribution in [0, 0.1) is 17.7 Å². The molecule has 2 atom stereocenters. The number of aromatic amines is 1. The predicted molar refractivity (Wildman–Crippen MR) is 120 cm³/mol. The Morgan fingerprint density at radius 3 is 3.00 bits per heavy atom. The summed E-state index contributed by atoms with van der Waals surface area (Å²) >= 11 is 0. The highest BCUT2D eigenvalue weighted by atomic mass is 19.1. The number of aromatic nitrogens is 3. The van der Waals surface area contributed by atoms with E-state index in [1.54, 1.807) is 6.07 Å². The molecule has 1 aromatic carbocycles. The lowest BCUT2D eigenvalue weighted by molar-refractivity contribution is 0.429. The summed E-state index contributed by atoms with van der Waals surface area (Å²) in [5.74, 6) is 0.410. The Morgan fingerprint density at radius 1 is 1.40 bits per heavy atom. The van der Waals surface area contributed by atoms with E-state index < -0.39 is 0 Å². The number of halogens is 1. The maximum atomic E-state index is 13.6. The van der Waals surface area contributed by atoms with E-state index in [9.17, 15) is 9.18 Å². The van der Waals surface area contributed by atoms with E-state index in [1.165, 1.54) is 34.3 Å². The van der Waals surface area contributed by atoms with E-state index in [0.29, 0.717) is 27.9 Å². The normalized spacial score (nSPS) is 19.5. The summed E-state index contributed by atoms with van der Waals surface area (Å²) < 4.78 is 14.8. The van der Waals surface area contributed by atoms with Gasteiger partial charge in [0.1, 0.15) is 23.2 Å². The van der Waals surface area contributed by atoms with Crippen LogP contribution in [0.1, 0.15) is 46.5 Å². The van der Waals surface area contributed by atoms with Crippen LogP contribution < -0.4 is 5.56 Å². The summed E-state index contributed by atoms with van der Waals surface area (Å²) in [5.41, 5.74) is 4.08. The fourth-order valence-corrected chi connectivity index (χ4v) is 4.10. The third-order valence-corrected chi connectivity index (χ3v) is 5.85.